The zero-order chi connectivity index (χ0) is 20.3. The van der Waals surface area contributed by atoms with Gasteiger partial charge in [0.05, 0.1) is 12.2 Å². The number of nitrogens with zero attached hydrogens (tertiary/aromatic N) is 5. The number of likely N-dealkylation sites (tertiary alicyclic amines) is 1. The minimum Gasteiger partial charge on any atom is -0.357 e. The number of aromatic nitrogens is 3. The number of hydrogen-bond acceptors (Lipinski definition) is 4. The topological polar surface area (TPSA) is 37.2 Å². The van der Waals surface area contributed by atoms with Crippen molar-refractivity contribution in [3.8, 4) is 0 Å². The quantitative estimate of drug-likeness (QED) is 0.571. The number of pyridine rings is 1. The number of halogens is 1. The Morgan fingerprint density at radius 3 is 2.20 bits per heavy atom. The predicted octanol–water partition coefficient (Wildman–Crippen LogP) is 5.11. The van der Waals surface area contributed by atoms with Crippen LogP contribution in [-0.4, -0.2) is 45.8 Å². The first-order valence-electron chi connectivity index (χ1n) is 11.3. The van der Waals surface area contributed by atoms with Crippen molar-refractivity contribution in [3.63, 3.8) is 0 Å². The lowest BCUT2D eigenvalue weighted by atomic mass is 10.2. The van der Waals surface area contributed by atoms with E-state index in [1.54, 1.807) is 0 Å². The van der Waals surface area contributed by atoms with Crippen molar-refractivity contribution in [3.05, 3.63) is 52.7 Å². The van der Waals surface area contributed by atoms with Gasteiger partial charge in [0.15, 0.2) is 5.65 Å². The molecule has 4 heterocycles. The molecule has 0 radical (unpaired) electrons. The maximum absolute atomic E-state index is 6.08. The number of rotatable bonds is 5. The first-order valence-corrected chi connectivity index (χ1v) is 11.7. The molecule has 2 aromatic heterocycles. The number of fused-ring (bicyclic) bond motifs is 1. The monoisotopic (exact) mass is 423 g/mol. The summed E-state index contributed by atoms with van der Waals surface area (Å²) in [4.78, 5) is 10.1. The van der Waals surface area contributed by atoms with Crippen molar-refractivity contribution in [2.75, 3.05) is 31.1 Å². The van der Waals surface area contributed by atoms with Gasteiger partial charge in [-0.05, 0) is 68.6 Å². The third-order valence-electron chi connectivity index (χ3n) is 6.40. The van der Waals surface area contributed by atoms with E-state index >= 15 is 0 Å². The molecule has 0 amide bonds. The van der Waals surface area contributed by atoms with E-state index in [0.29, 0.717) is 6.54 Å². The molecule has 0 unspecified atom stereocenters. The number of hydrogen-bond donors (Lipinski definition) is 0. The molecule has 0 aliphatic carbocycles. The average molecular weight is 424 g/mol. The highest BCUT2D eigenvalue weighted by atomic mass is 35.5. The van der Waals surface area contributed by atoms with Gasteiger partial charge < -0.3 is 4.90 Å². The lowest BCUT2D eigenvalue weighted by Gasteiger charge is -2.21. The zero-order valence-electron chi connectivity index (χ0n) is 17.6. The molecule has 2 aliphatic rings. The second-order valence-electron chi connectivity index (χ2n) is 8.66. The van der Waals surface area contributed by atoms with Crippen molar-refractivity contribution >= 4 is 28.5 Å². The average Bonchev–Trinajstić information content (AvgIpc) is 3.29. The lowest BCUT2D eigenvalue weighted by Crippen LogP contribution is -2.24. The molecule has 3 aromatic rings. The Morgan fingerprint density at radius 1 is 0.767 bits per heavy atom. The molecule has 6 heteroatoms. The van der Waals surface area contributed by atoms with Gasteiger partial charge in [0.25, 0.3) is 0 Å². The van der Waals surface area contributed by atoms with Crippen molar-refractivity contribution in [2.24, 2.45) is 0 Å². The van der Waals surface area contributed by atoms with E-state index in [0.717, 1.165) is 41.8 Å². The molecule has 2 aliphatic heterocycles. The molecular weight excluding hydrogens is 394 g/mol. The minimum absolute atomic E-state index is 0.712. The molecule has 1 aromatic carbocycles. The fourth-order valence-corrected chi connectivity index (χ4v) is 4.85. The summed E-state index contributed by atoms with van der Waals surface area (Å²) in [6.45, 7) is 6.17. The second kappa shape index (κ2) is 8.94. The summed E-state index contributed by atoms with van der Waals surface area (Å²) in [5, 5.41) is 6.99. The normalized spacial score (nSPS) is 18.2. The Hall–Kier alpha value is -2.11. The molecule has 0 atom stereocenters. The fourth-order valence-electron chi connectivity index (χ4n) is 4.73. The predicted molar refractivity (Wildman–Crippen MR) is 123 cm³/mol. The first kappa shape index (κ1) is 19.8. The van der Waals surface area contributed by atoms with Crippen LogP contribution in [0.1, 0.15) is 49.8 Å². The van der Waals surface area contributed by atoms with Crippen LogP contribution in [0, 0.1) is 0 Å². The van der Waals surface area contributed by atoms with Gasteiger partial charge in [-0.15, -0.1) is 0 Å². The SMILES string of the molecule is Clc1ccc(Cn2nc(CN3CCCC3)c3ccc(N4CCCCCC4)nc32)cc1. The van der Waals surface area contributed by atoms with Crippen molar-refractivity contribution in [1.29, 1.82) is 0 Å². The molecule has 0 bridgehead atoms. The van der Waals surface area contributed by atoms with Gasteiger partial charge in [-0.25, -0.2) is 9.67 Å². The van der Waals surface area contributed by atoms with Gasteiger partial charge in [0, 0.05) is 30.0 Å². The van der Waals surface area contributed by atoms with Crippen molar-refractivity contribution < 1.29 is 0 Å². The third kappa shape index (κ3) is 4.33. The zero-order valence-corrected chi connectivity index (χ0v) is 18.3. The van der Waals surface area contributed by atoms with Crippen molar-refractivity contribution in [2.45, 2.75) is 51.6 Å². The maximum atomic E-state index is 6.08. The van der Waals surface area contributed by atoms with Gasteiger partial charge in [-0.1, -0.05) is 36.6 Å². The summed E-state index contributed by atoms with van der Waals surface area (Å²) < 4.78 is 2.09. The number of anilines is 1. The van der Waals surface area contributed by atoms with Gasteiger partial charge in [0.2, 0.25) is 0 Å². The van der Waals surface area contributed by atoms with E-state index in [2.05, 4.69) is 38.7 Å². The number of benzene rings is 1. The summed E-state index contributed by atoms with van der Waals surface area (Å²) in [6.07, 6.45) is 7.75. The highest BCUT2D eigenvalue weighted by Crippen LogP contribution is 2.26. The second-order valence-corrected chi connectivity index (χ2v) is 9.09. The third-order valence-corrected chi connectivity index (χ3v) is 6.66. The molecule has 5 nitrogen and oxygen atoms in total. The van der Waals surface area contributed by atoms with Crippen LogP contribution in [0.25, 0.3) is 11.0 Å². The van der Waals surface area contributed by atoms with E-state index in [1.807, 2.05) is 12.1 Å². The summed E-state index contributed by atoms with van der Waals surface area (Å²) in [5.41, 5.74) is 3.34. The minimum atomic E-state index is 0.712. The van der Waals surface area contributed by atoms with Gasteiger partial charge in [-0.3, -0.25) is 4.90 Å². The van der Waals surface area contributed by atoms with Gasteiger partial charge in [-0.2, -0.15) is 5.10 Å². The molecule has 0 N–H and O–H groups in total. The molecule has 0 saturated carbocycles. The van der Waals surface area contributed by atoms with E-state index < -0.39 is 0 Å². The Labute approximate surface area is 183 Å². The molecule has 158 valence electrons. The Balaban J connectivity index is 1.51. The Kier molecular flexibility index (Phi) is 5.91. The van der Waals surface area contributed by atoms with Gasteiger partial charge in [0.1, 0.15) is 5.82 Å². The highest BCUT2D eigenvalue weighted by Gasteiger charge is 2.20. The van der Waals surface area contributed by atoms with Crippen LogP contribution in [-0.2, 0) is 13.1 Å². The molecule has 5 rings (SSSR count). The maximum Gasteiger partial charge on any atom is 0.160 e. The van der Waals surface area contributed by atoms with Crippen LogP contribution in [0.4, 0.5) is 5.82 Å². The highest BCUT2D eigenvalue weighted by molar-refractivity contribution is 6.30. The lowest BCUT2D eigenvalue weighted by molar-refractivity contribution is 0.327. The molecule has 2 fully saturated rings. The fraction of sp³-hybridized carbons (Fsp3) is 0.500. The standard InChI is InChI=1S/C24H30ClN5/c25-20-9-7-19(8-10-20)17-30-24-21(22(27-30)18-28-13-5-6-14-28)11-12-23(26-24)29-15-3-1-2-4-16-29/h7-12H,1-6,13-18H2. The Bertz CT molecular complexity index is 983. The Morgan fingerprint density at radius 2 is 1.47 bits per heavy atom. The summed E-state index contributed by atoms with van der Waals surface area (Å²) in [6, 6.07) is 12.5. The van der Waals surface area contributed by atoms with Crippen LogP contribution >= 0.6 is 11.6 Å². The summed E-state index contributed by atoms with van der Waals surface area (Å²) in [5.74, 6) is 1.09. The van der Waals surface area contributed by atoms with E-state index in [9.17, 15) is 0 Å². The van der Waals surface area contributed by atoms with Crippen molar-refractivity contribution in [1.82, 2.24) is 19.7 Å². The van der Waals surface area contributed by atoms with E-state index in [4.69, 9.17) is 21.7 Å². The van der Waals surface area contributed by atoms with Crippen LogP contribution in [0.5, 0.6) is 0 Å². The molecule has 0 spiro atoms. The molecule has 30 heavy (non-hydrogen) atoms. The first-order chi connectivity index (χ1) is 14.8. The van der Waals surface area contributed by atoms with Crippen LogP contribution < -0.4 is 4.90 Å². The largest absolute Gasteiger partial charge is 0.357 e. The van der Waals surface area contributed by atoms with E-state index in [1.165, 1.54) is 62.6 Å². The smallest absolute Gasteiger partial charge is 0.160 e. The van der Waals surface area contributed by atoms with Crippen LogP contribution in [0.3, 0.4) is 0 Å². The molecule has 2 saturated heterocycles. The van der Waals surface area contributed by atoms with Crippen LogP contribution in [0.15, 0.2) is 36.4 Å². The molecular formula is C24H30ClN5. The summed E-state index contributed by atoms with van der Waals surface area (Å²) in [7, 11) is 0. The van der Waals surface area contributed by atoms with Gasteiger partial charge >= 0.3 is 0 Å². The van der Waals surface area contributed by atoms with Crippen LogP contribution in [0.2, 0.25) is 5.02 Å². The summed E-state index contributed by atoms with van der Waals surface area (Å²) >= 11 is 6.08. The van der Waals surface area contributed by atoms with E-state index in [-0.39, 0.29) is 0 Å².